The van der Waals surface area contributed by atoms with Crippen molar-refractivity contribution in [3.8, 4) is 44.5 Å². The van der Waals surface area contributed by atoms with Crippen LogP contribution in [0.5, 0.6) is 0 Å². The standard InChI is InChI=1S/C64H41NO2/c1-63(2)49-23-10-5-19-43(49)44-32-30-39(37-54(44)63)65(55-26-15-29-58-61(55)46-21-8-13-27-56(46)66-58)38-31-33-52-48(36-38)41-17-4-3-16-40(41)42-18-6-11-24-50(42)64(52)51-25-12-7-20-45(51)60-53(64)34-35-59-62(60)47-22-9-14-28-57(47)67-59/h3-37H,1-2H3. The minimum absolute atomic E-state index is 0.179. The van der Waals surface area contributed by atoms with Gasteiger partial charge in [-0.1, -0.05) is 172 Å². The quantitative estimate of drug-likeness (QED) is 0.177. The van der Waals surface area contributed by atoms with Gasteiger partial charge in [0.2, 0.25) is 0 Å². The molecule has 2 aromatic heterocycles. The lowest BCUT2D eigenvalue weighted by Gasteiger charge is -2.36. The van der Waals surface area contributed by atoms with Crippen molar-refractivity contribution in [2.24, 2.45) is 0 Å². The first-order valence-corrected chi connectivity index (χ1v) is 23.3. The fourth-order valence-electron chi connectivity index (χ4n) is 12.7. The van der Waals surface area contributed by atoms with Gasteiger partial charge in [0.05, 0.1) is 16.5 Å². The lowest BCUT2D eigenvalue weighted by atomic mass is 9.66. The second-order valence-electron chi connectivity index (χ2n) is 19.1. The third-order valence-corrected chi connectivity index (χ3v) is 15.5. The summed E-state index contributed by atoms with van der Waals surface area (Å²) in [6, 6.07) is 78.5. The van der Waals surface area contributed by atoms with Crippen LogP contribution in [0.4, 0.5) is 17.1 Å². The number of benzene rings is 10. The minimum Gasteiger partial charge on any atom is -0.456 e. The molecule has 1 spiro atoms. The summed E-state index contributed by atoms with van der Waals surface area (Å²) in [7, 11) is 0. The van der Waals surface area contributed by atoms with E-state index in [0.29, 0.717) is 0 Å². The summed E-state index contributed by atoms with van der Waals surface area (Å²) < 4.78 is 13.2. The number of fused-ring (bicyclic) bond motifs is 22. The van der Waals surface area contributed by atoms with Gasteiger partial charge in [0, 0.05) is 32.9 Å². The highest BCUT2D eigenvalue weighted by atomic mass is 16.3. The van der Waals surface area contributed by atoms with E-state index in [1.807, 2.05) is 0 Å². The Kier molecular flexibility index (Phi) is 7.22. The highest BCUT2D eigenvalue weighted by Crippen LogP contribution is 2.64. The molecule has 0 N–H and O–H groups in total. The Morgan fingerprint density at radius 2 is 0.821 bits per heavy atom. The van der Waals surface area contributed by atoms with Gasteiger partial charge in [-0.15, -0.1) is 0 Å². The summed E-state index contributed by atoms with van der Waals surface area (Å²) >= 11 is 0. The minimum atomic E-state index is -0.656. The molecule has 0 saturated heterocycles. The fraction of sp³-hybridized carbons (Fsp3) is 0.0625. The van der Waals surface area contributed by atoms with Crippen molar-refractivity contribution >= 4 is 60.9 Å². The van der Waals surface area contributed by atoms with Crippen molar-refractivity contribution in [1.29, 1.82) is 0 Å². The third-order valence-electron chi connectivity index (χ3n) is 15.5. The van der Waals surface area contributed by atoms with Crippen LogP contribution in [0, 0.1) is 0 Å². The lowest BCUT2D eigenvalue weighted by molar-refractivity contribution is 0.660. The first-order valence-electron chi connectivity index (χ1n) is 23.3. The van der Waals surface area contributed by atoms with Crippen molar-refractivity contribution < 1.29 is 8.83 Å². The van der Waals surface area contributed by atoms with Gasteiger partial charge in [-0.2, -0.15) is 0 Å². The van der Waals surface area contributed by atoms with Crippen LogP contribution in [-0.2, 0) is 10.8 Å². The smallest absolute Gasteiger partial charge is 0.137 e. The van der Waals surface area contributed by atoms with Crippen molar-refractivity contribution in [2.45, 2.75) is 24.7 Å². The molecule has 314 valence electrons. The topological polar surface area (TPSA) is 29.5 Å². The van der Waals surface area contributed by atoms with E-state index >= 15 is 0 Å². The molecule has 1 atom stereocenters. The van der Waals surface area contributed by atoms with E-state index in [4.69, 9.17) is 8.83 Å². The second-order valence-corrected chi connectivity index (χ2v) is 19.1. The molecule has 3 aliphatic rings. The summed E-state index contributed by atoms with van der Waals surface area (Å²) in [4.78, 5) is 2.48. The average Bonchev–Trinajstić information content (AvgIpc) is 4.08. The molecule has 0 saturated carbocycles. The number of anilines is 3. The Balaban J connectivity index is 1.06. The normalized spacial score (nSPS) is 15.8. The van der Waals surface area contributed by atoms with Gasteiger partial charge < -0.3 is 13.7 Å². The van der Waals surface area contributed by atoms with Crippen LogP contribution in [0.15, 0.2) is 221 Å². The number of nitrogens with zero attached hydrogens (tertiary/aromatic N) is 1. The number of furan rings is 2. The first-order chi connectivity index (χ1) is 33.0. The molecule has 3 heteroatoms. The molecule has 2 heterocycles. The Morgan fingerprint density at radius 1 is 0.328 bits per heavy atom. The molecule has 0 bridgehead atoms. The van der Waals surface area contributed by atoms with Gasteiger partial charge in [0.25, 0.3) is 0 Å². The maximum Gasteiger partial charge on any atom is 0.137 e. The Bertz CT molecular complexity index is 4110. The van der Waals surface area contributed by atoms with E-state index in [0.717, 1.165) is 55.6 Å². The zero-order valence-corrected chi connectivity index (χ0v) is 37.0. The van der Waals surface area contributed by atoms with Crippen LogP contribution in [0.2, 0.25) is 0 Å². The zero-order valence-electron chi connectivity index (χ0n) is 37.0. The van der Waals surface area contributed by atoms with Gasteiger partial charge in [0.1, 0.15) is 22.3 Å². The van der Waals surface area contributed by atoms with Gasteiger partial charge in [0.15, 0.2) is 0 Å². The Hall–Kier alpha value is -8.40. The summed E-state index contributed by atoms with van der Waals surface area (Å²) in [5.74, 6) is 0. The van der Waals surface area contributed by atoms with Crippen molar-refractivity contribution in [2.75, 3.05) is 4.90 Å². The lowest BCUT2D eigenvalue weighted by Crippen LogP contribution is -2.29. The summed E-state index contributed by atoms with van der Waals surface area (Å²) in [6.45, 7) is 4.73. The highest BCUT2D eigenvalue weighted by molar-refractivity contribution is 6.17. The predicted molar refractivity (Wildman–Crippen MR) is 275 cm³/mol. The molecule has 0 radical (unpaired) electrons. The molecule has 3 nitrogen and oxygen atoms in total. The van der Waals surface area contributed by atoms with E-state index in [2.05, 4.69) is 231 Å². The number of hydrogen-bond acceptors (Lipinski definition) is 3. The van der Waals surface area contributed by atoms with Crippen molar-refractivity contribution in [1.82, 2.24) is 0 Å². The molecule has 10 aromatic carbocycles. The largest absolute Gasteiger partial charge is 0.456 e. The summed E-state index contributed by atoms with van der Waals surface area (Å²) in [5, 5.41) is 4.50. The predicted octanol–water partition coefficient (Wildman–Crippen LogP) is 17.3. The molecule has 3 aliphatic carbocycles. The molecule has 67 heavy (non-hydrogen) atoms. The molecule has 0 aliphatic heterocycles. The monoisotopic (exact) mass is 855 g/mol. The molecule has 0 amide bonds. The zero-order chi connectivity index (χ0) is 44.2. The fourth-order valence-corrected chi connectivity index (χ4v) is 12.7. The first kappa shape index (κ1) is 36.9. The number of para-hydroxylation sites is 2. The van der Waals surface area contributed by atoms with Gasteiger partial charge in [-0.25, -0.2) is 0 Å². The van der Waals surface area contributed by atoms with Crippen molar-refractivity contribution in [3.05, 3.63) is 246 Å². The number of rotatable bonds is 3. The van der Waals surface area contributed by atoms with Crippen molar-refractivity contribution in [3.63, 3.8) is 0 Å². The molecule has 0 fully saturated rings. The molecular weight excluding hydrogens is 815 g/mol. The SMILES string of the molecule is CC1(C)c2ccccc2-c2ccc(N(c3ccc4c(c3)-c3ccccc3-c3ccccc3C43c4ccccc4-c4c3ccc3oc5ccccc5c43)c3cccc4oc5ccccc5c34)cc21. The van der Waals surface area contributed by atoms with E-state index in [9.17, 15) is 0 Å². The summed E-state index contributed by atoms with van der Waals surface area (Å²) in [5.41, 5.74) is 23.7. The molecule has 15 rings (SSSR count). The van der Waals surface area contributed by atoms with E-state index in [1.165, 1.54) is 83.3 Å². The molecular formula is C64H41NO2. The van der Waals surface area contributed by atoms with E-state index < -0.39 is 5.41 Å². The Morgan fingerprint density at radius 3 is 1.57 bits per heavy atom. The summed E-state index contributed by atoms with van der Waals surface area (Å²) in [6.07, 6.45) is 0. The number of hydrogen-bond donors (Lipinski definition) is 0. The van der Waals surface area contributed by atoms with Crippen LogP contribution in [0.25, 0.3) is 88.4 Å². The highest BCUT2D eigenvalue weighted by Gasteiger charge is 2.50. The van der Waals surface area contributed by atoms with Gasteiger partial charge in [-0.3, -0.25) is 0 Å². The Labute approximate surface area is 387 Å². The second kappa shape index (κ2) is 13.1. The maximum atomic E-state index is 6.61. The maximum absolute atomic E-state index is 6.61. The van der Waals surface area contributed by atoms with E-state index in [1.54, 1.807) is 0 Å². The van der Waals surface area contributed by atoms with Gasteiger partial charge in [-0.05, 0) is 132 Å². The van der Waals surface area contributed by atoms with Crippen LogP contribution in [0.1, 0.15) is 47.2 Å². The third kappa shape index (κ3) is 4.70. The van der Waals surface area contributed by atoms with Gasteiger partial charge >= 0.3 is 0 Å². The average molecular weight is 856 g/mol. The van der Waals surface area contributed by atoms with Crippen LogP contribution >= 0.6 is 0 Å². The molecule has 1 unspecified atom stereocenters. The van der Waals surface area contributed by atoms with Crippen LogP contribution in [-0.4, -0.2) is 0 Å². The van der Waals surface area contributed by atoms with Crippen LogP contribution in [0.3, 0.4) is 0 Å². The van der Waals surface area contributed by atoms with E-state index in [-0.39, 0.29) is 5.41 Å². The van der Waals surface area contributed by atoms with Crippen LogP contribution < -0.4 is 4.90 Å². The molecule has 12 aromatic rings.